The van der Waals surface area contributed by atoms with E-state index in [4.69, 9.17) is 10.00 Å². The quantitative estimate of drug-likeness (QED) is 0.633. The summed E-state index contributed by atoms with van der Waals surface area (Å²) < 4.78 is 5.60. The number of carboxylic acids is 1. The molecule has 0 atom stereocenters. The summed E-state index contributed by atoms with van der Waals surface area (Å²) in [6.07, 6.45) is 1.48. The lowest BCUT2D eigenvalue weighted by atomic mass is 10.1. The first-order valence-electron chi connectivity index (χ1n) is 7.40. The van der Waals surface area contributed by atoms with Crippen molar-refractivity contribution in [3.05, 3.63) is 70.8 Å². The van der Waals surface area contributed by atoms with Gasteiger partial charge in [0.15, 0.2) is 0 Å². The van der Waals surface area contributed by atoms with Gasteiger partial charge in [0.25, 0.3) is 5.91 Å². The van der Waals surface area contributed by atoms with Gasteiger partial charge >= 0.3 is 0 Å². The molecule has 126 valence electrons. The van der Waals surface area contributed by atoms with Crippen LogP contribution in [0.15, 0.2) is 54.1 Å². The second-order valence-corrected chi connectivity index (χ2v) is 5.09. The van der Waals surface area contributed by atoms with Gasteiger partial charge in [-0.25, -0.2) is 0 Å². The number of amides is 1. The van der Waals surface area contributed by atoms with Gasteiger partial charge < -0.3 is 20.0 Å². The average molecular weight is 335 g/mol. The lowest BCUT2D eigenvalue weighted by Gasteiger charge is -2.09. The summed E-state index contributed by atoms with van der Waals surface area (Å²) in [5, 5.41) is 22.2. The van der Waals surface area contributed by atoms with Crippen LogP contribution in [-0.2, 0) is 11.4 Å². The lowest BCUT2D eigenvalue weighted by Crippen LogP contribution is -2.22. The average Bonchev–Trinajstić information content (AvgIpc) is 2.65. The van der Waals surface area contributed by atoms with Gasteiger partial charge in [0.05, 0.1) is 5.97 Å². The molecule has 0 saturated carbocycles. The number of likely N-dealkylation sites (N-methyl/N-ethyl adjacent to an activating group) is 1. The number of benzene rings is 2. The highest BCUT2D eigenvalue weighted by molar-refractivity contribution is 6.01. The molecule has 6 heteroatoms. The molecule has 0 aromatic heterocycles. The van der Waals surface area contributed by atoms with Crippen LogP contribution in [0.3, 0.4) is 0 Å². The normalized spacial score (nSPS) is 10.6. The zero-order chi connectivity index (χ0) is 18.2. The maximum Gasteiger partial charge on any atom is 0.261 e. The third-order valence-corrected chi connectivity index (χ3v) is 3.35. The third-order valence-electron chi connectivity index (χ3n) is 3.35. The minimum atomic E-state index is -1.23. The van der Waals surface area contributed by atoms with Gasteiger partial charge in [-0.05, 0) is 41.0 Å². The number of carbonyl (C=O) groups is 2. The summed E-state index contributed by atoms with van der Waals surface area (Å²) in [5.41, 5.74) is 1.50. The van der Waals surface area contributed by atoms with E-state index in [2.05, 4.69) is 5.32 Å². The molecule has 0 aliphatic carbocycles. The second kappa shape index (κ2) is 8.31. The van der Waals surface area contributed by atoms with E-state index in [1.165, 1.54) is 25.3 Å². The maximum atomic E-state index is 11.5. The molecule has 0 fully saturated rings. The van der Waals surface area contributed by atoms with Crippen molar-refractivity contribution in [2.75, 3.05) is 7.05 Å². The van der Waals surface area contributed by atoms with Crippen molar-refractivity contribution in [1.29, 1.82) is 5.26 Å². The molecule has 0 spiro atoms. The van der Waals surface area contributed by atoms with Crippen LogP contribution in [0.5, 0.6) is 5.75 Å². The topological polar surface area (TPSA) is 102 Å². The highest BCUT2D eigenvalue weighted by Crippen LogP contribution is 2.16. The van der Waals surface area contributed by atoms with Crippen molar-refractivity contribution in [3.8, 4) is 11.8 Å². The van der Waals surface area contributed by atoms with Gasteiger partial charge in [-0.3, -0.25) is 4.79 Å². The first-order valence-corrected chi connectivity index (χ1v) is 7.40. The smallest absolute Gasteiger partial charge is 0.261 e. The summed E-state index contributed by atoms with van der Waals surface area (Å²) in [6.45, 7) is 0.206. The fourth-order valence-corrected chi connectivity index (χ4v) is 2.06. The van der Waals surface area contributed by atoms with Crippen molar-refractivity contribution in [3.63, 3.8) is 0 Å². The Morgan fingerprint density at radius 3 is 2.56 bits per heavy atom. The van der Waals surface area contributed by atoms with Gasteiger partial charge in [-0.15, -0.1) is 0 Å². The first-order chi connectivity index (χ1) is 12.0. The van der Waals surface area contributed by atoms with Crippen molar-refractivity contribution in [2.45, 2.75) is 6.61 Å². The lowest BCUT2D eigenvalue weighted by molar-refractivity contribution is -0.255. The Morgan fingerprint density at radius 2 is 1.96 bits per heavy atom. The number of nitrogens with one attached hydrogen (secondary N) is 1. The van der Waals surface area contributed by atoms with E-state index in [0.717, 1.165) is 0 Å². The molecule has 0 aliphatic rings. The second-order valence-electron chi connectivity index (χ2n) is 5.09. The Morgan fingerprint density at radius 1 is 1.24 bits per heavy atom. The molecule has 2 aromatic rings. The Kier molecular flexibility index (Phi) is 5.91. The molecular formula is C19H15N2O4-. The number of rotatable bonds is 6. The summed E-state index contributed by atoms with van der Waals surface area (Å²) in [5.74, 6) is -1.10. The van der Waals surface area contributed by atoms with Crippen LogP contribution in [0.1, 0.15) is 21.5 Å². The molecular weight excluding hydrogens is 320 g/mol. The number of hydrogen-bond acceptors (Lipinski definition) is 5. The van der Waals surface area contributed by atoms with Crippen molar-refractivity contribution in [1.82, 2.24) is 5.32 Å². The summed E-state index contributed by atoms with van der Waals surface area (Å²) >= 11 is 0. The summed E-state index contributed by atoms with van der Waals surface area (Å²) in [6, 6.07) is 15.0. The molecule has 1 N–H and O–H groups in total. The highest BCUT2D eigenvalue weighted by atomic mass is 16.5. The van der Waals surface area contributed by atoms with Crippen LogP contribution in [0.25, 0.3) is 6.08 Å². The molecule has 0 aliphatic heterocycles. The molecule has 0 heterocycles. The number of nitrogens with zero attached hydrogens (tertiary/aromatic N) is 1. The van der Waals surface area contributed by atoms with Crippen LogP contribution < -0.4 is 15.2 Å². The molecule has 1 amide bonds. The van der Waals surface area contributed by atoms with Gasteiger partial charge in [-0.2, -0.15) is 5.26 Å². The van der Waals surface area contributed by atoms with Crippen LogP contribution >= 0.6 is 0 Å². The van der Waals surface area contributed by atoms with E-state index >= 15 is 0 Å². The monoisotopic (exact) mass is 335 g/mol. The predicted molar refractivity (Wildman–Crippen MR) is 89.2 cm³/mol. The van der Waals surface area contributed by atoms with E-state index in [9.17, 15) is 14.7 Å². The maximum absolute atomic E-state index is 11.5. The molecule has 6 nitrogen and oxygen atoms in total. The van der Waals surface area contributed by atoms with E-state index < -0.39 is 11.9 Å². The zero-order valence-corrected chi connectivity index (χ0v) is 13.5. The van der Waals surface area contributed by atoms with Crippen LogP contribution in [0, 0.1) is 11.3 Å². The fourth-order valence-electron chi connectivity index (χ4n) is 2.06. The summed E-state index contributed by atoms with van der Waals surface area (Å²) in [7, 11) is 1.46. The van der Waals surface area contributed by atoms with E-state index in [1.54, 1.807) is 36.4 Å². The Bertz CT molecular complexity index is 848. The largest absolute Gasteiger partial charge is 0.545 e. The SMILES string of the molecule is CNC(=O)/C(C#N)=C\c1ccc(OCc2cccc(C(=O)[O-])c2)cc1. The van der Waals surface area contributed by atoms with Gasteiger partial charge in [0, 0.05) is 7.05 Å². The fraction of sp³-hybridized carbons (Fsp3) is 0.105. The zero-order valence-electron chi connectivity index (χ0n) is 13.5. The molecule has 0 radical (unpaired) electrons. The van der Waals surface area contributed by atoms with Gasteiger partial charge in [0.1, 0.15) is 24.0 Å². The molecule has 2 rings (SSSR count). The standard InChI is InChI=1S/C19H16N2O4/c1-21-18(22)16(11-20)9-13-5-7-17(8-6-13)25-12-14-3-2-4-15(10-14)19(23)24/h2-10H,12H2,1H3,(H,21,22)(H,23,24)/p-1/b16-9-. The number of hydrogen-bond donors (Lipinski definition) is 1. The minimum absolute atomic E-state index is 0.00950. The van der Waals surface area contributed by atoms with Crippen LogP contribution in [0.4, 0.5) is 0 Å². The number of ether oxygens (including phenoxy) is 1. The van der Waals surface area contributed by atoms with Crippen molar-refractivity contribution < 1.29 is 19.4 Å². The van der Waals surface area contributed by atoms with Gasteiger partial charge in [0.2, 0.25) is 0 Å². The Labute approximate surface area is 145 Å². The number of nitriles is 1. The van der Waals surface area contributed by atoms with Crippen LogP contribution in [0.2, 0.25) is 0 Å². The predicted octanol–water partition coefficient (Wildman–Crippen LogP) is 1.28. The van der Waals surface area contributed by atoms with E-state index in [-0.39, 0.29) is 17.7 Å². The minimum Gasteiger partial charge on any atom is -0.545 e. The first kappa shape index (κ1) is 17.8. The van der Waals surface area contributed by atoms with E-state index in [0.29, 0.717) is 16.9 Å². The number of aromatic carboxylic acids is 1. The summed E-state index contributed by atoms with van der Waals surface area (Å²) in [4.78, 5) is 22.3. The molecule has 25 heavy (non-hydrogen) atoms. The highest BCUT2D eigenvalue weighted by Gasteiger charge is 2.06. The van der Waals surface area contributed by atoms with Crippen molar-refractivity contribution in [2.24, 2.45) is 0 Å². The molecule has 0 bridgehead atoms. The molecule has 2 aromatic carbocycles. The number of carboxylic acid groups (broad SMARTS) is 1. The van der Waals surface area contributed by atoms with Crippen molar-refractivity contribution >= 4 is 18.0 Å². The van der Waals surface area contributed by atoms with Gasteiger partial charge in [-0.1, -0.05) is 30.3 Å². The Balaban J connectivity index is 2.05. The number of carbonyl (C=O) groups excluding carboxylic acids is 2. The molecule has 0 saturated heterocycles. The third kappa shape index (κ3) is 4.94. The van der Waals surface area contributed by atoms with Crippen LogP contribution in [-0.4, -0.2) is 18.9 Å². The van der Waals surface area contributed by atoms with E-state index in [1.807, 2.05) is 6.07 Å². The molecule has 0 unspecified atom stereocenters. The Hall–Kier alpha value is -3.59.